The molecule has 1 saturated heterocycles. The van der Waals surface area contributed by atoms with Gasteiger partial charge in [0.25, 0.3) is 5.91 Å². The van der Waals surface area contributed by atoms with E-state index in [0.29, 0.717) is 0 Å². The Morgan fingerprint density at radius 1 is 1.28 bits per heavy atom. The third-order valence-corrected chi connectivity index (χ3v) is 5.26. The summed E-state index contributed by atoms with van der Waals surface area (Å²) >= 11 is 5.82. The predicted octanol–water partition coefficient (Wildman–Crippen LogP) is 1.15. The molecule has 2 heterocycles. The van der Waals surface area contributed by atoms with E-state index in [1.54, 1.807) is 0 Å². The number of aromatic nitrogens is 2. The number of likely N-dealkylation sites (tertiary alicyclic amines) is 1. The summed E-state index contributed by atoms with van der Waals surface area (Å²) in [5.41, 5.74) is 18.3. The molecule has 1 fully saturated rings. The second-order valence-electron chi connectivity index (χ2n) is 7.57. The highest BCUT2D eigenvalue weighted by Gasteiger charge is 2.31. The summed E-state index contributed by atoms with van der Waals surface area (Å²) in [7, 11) is 2.22. The minimum absolute atomic E-state index is 0.0104. The summed E-state index contributed by atoms with van der Waals surface area (Å²) in [4.78, 5) is 24.6. The largest absolute Gasteiger partial charge is 0.382 e. The van der Waals surface area contributed by atoms with Crippen LogP contribution in [0.5, 0.6) is 0 Å². The van der Waals surface area contributed by atoms with Crippen LogP contribution in [0.25, 0.3) is 0 Å². The van der Waals surface area contributed by atoms with Gasteiger partial charge >= 0.3 is 0 Å². The molecule has 1 aromatic carbocycles. The molecule has 10 heteroatoms. The van der Waals surface area contributed by atoms with Gasteiger partial charge in [0.15, 0.2) is 28.4 Å². The Balaban J connectivity index is 1.66. The van der Waals surface area contributed by atoms with Crippen LogP contribution >= 0.6 is 11.6 Å². The minimum Gasteiger partial charge on any atom is -0.382 e. The highest BCUT2D eigenvalue weighted by Crippen LogP contribution is 2.22. The number of nitrogens with zero attached hydrogens (tertiary/aromatic N) is 4. The number of amides is 1. The molecule has 2 atom stereocenters. The smallest absolute Gasteiger partial charge is 0.280 e. The first-order chi connectivity index (χ1) is 13.8. The Labute approximate surface area is 174 Å². The number of likely N-dealkylation sites (N-methyl/N-ethyl adjacent to an activating group) is 1. The van der Waals surface area contributed by atoms with Gasteiger partial charge in [-0.25, -0.2) is 15.0 Å². The van der Waals surface area contributed by atoms with Crippen molar-refractivity contribution in [3.05, 3.63) is 46.7 Å². The lowest BCUT2D eigenvalue weighted by atomic mass is 10.0. The number of quaternary nitrogens is 1. The van der Waals surface area contributed by atoms with Gasteiger partial charge in [-0.15, -0.1) is 0 Å². The Bertz CT molecular complexity index is 920. The molecule has 0 spiro atoms. The number of carbonyl (C=O) groups is 1. The van der Waals surface area contributed by atoms with Crippen molar-refractivity contribution in [1.82, 2.24) is 15.3 Å². The van der Waals surface area contributed by atoms with Gasteiger partial charge in [0.1, 0.15) is 19.1 Å². The van der Waals surface area contributed by atoms with E-state index in [2.05, 4.69) is 39.5 Å². The van der Waals surface area contributed by atoms with Crippen molar-refractivity contribution in [2.24, 2.45) is 10.7 Å². The van der Waals surface area contributed by atoms with E-state index in [4.69, 9.17) is 28.8 Å². The summed E-state index contributed by atoms with van der Waals surface area (Å²) in [6.07, 6.45) is 1.94. The van der Waals surface area contributed by atoms with E-state index in [-0.39, 0.29) is 34.5 Å². The Kier molecular flexibility index (Phi) is 6.19. The van der Waals surface area contributed by atoms with Crippen LogP contribution in [0, 0.1) is 0 Å². The summed E-state index contributed by atoms with van der Waals surface area (Å²) in [5, 5.41) is 2.41. The van der Waals surface area contributed by atoms with E-state index >= 15 is 0 Å². The number of guanidine groups is 1. The van der Waals surface area contributed by atoms with Crippen molar-refractivity contribution in [2.75, 3.05) is 31.6 Å². The molecular formula is C19H26ClN8O+. The zero-order valence-corrected chi connectivity index (χ0v) is 17.1. The van der Waals surface area contributed by atoms with Crippen LogP contribution in [0.2, 0.25) is 5.15 Å². The number of piperidine rings is 1. The Morgan fingerprint density at radius 3 is 2.72 bits per heavy atom. The van der Waals surface area contributed by atoms with Crippen molar-refractivity contribution < 1.29 is 9.28 Å². The van der Waals surface area contributed by atoms with E-state index in [9.17, 15) is 4.79 Å². The molecule has 1 amide bonds. The van der Waals surface area contributed by atoms with E-state index in [1.165, 1.54) is 5.56 Å². The van der Waals surface area contributed by atoms with Crippen molar-refractivity contribution in [1.29, 1.82) is 0 Å². The first-order valence-electron chi connectivity index (χ1n) is 9.36. The van der Waals surface area contributed by atoms with Crippen LogP contribution in [0.4, 0.5) is 11.6 Å². The van der Waals surface area contributed by atoms with Crippen molar-refractivity contribution in [3.63, 3.8) is 0 Å². The van der Waals surface area contributed by atoms with Gasteiger partial charge in [-0.3, -0.25) is 10.1 Å². The van der Waals surface area contributed by atoms with Crippen LogP contribution < -0.4 is 22.5 Å². The van der Waals surface area contributed by atoms with Crippen LogP contribution in [-0.4, -0.2) is 52.5 Å². The van der Waals surface area contributed by atoms with Crippen molar-refractivity contribution in [2.45, 2.75) is 25.4 Å². The zero-order chi connectivity index (χ0) is 21.0. The summed E-state index contributed by atoms with van der Waals surface area (Å²) < 4.78 is 0.866. The number of hydrogen-bond acceptors (Lipinski definition) is 6. The SMILES string of the molecule is C[N+]1(Cc2ccccc2)CCCC(N=C(N)NC(=O)c2nc(Cl)c(N)nc2N)C1. The third-order valence-electron chi connectivity index (χ3n) is 4.98. The number of rotatable bonds is 4. The quantitative estimate of drug-likeness (QED) is 0.333. The molecule has 3 rings (SSSR count). The van der Waals surface area contributed by atoms with Crippen LogP contribution in [-0.2, 0) is 6.54 Å². The molecule has 0 aliphatic carbocycles. The summed E-state index contributed by atoms with van der Waals surface area (Å²) in [6.45, 7) is 2.83. The second-order valence-corrected chi connectivity index (χ2v) is 7.93. The Morgan fingerprint density at radius 2 is 2.00 bits per heavy atom. The van der Waals surface area contributed by atoms with Crippen LogP contribution in [0.1, 0.15) is 28.9 Å². The number of anilines is 2. The molecule has 1 aliphatic heterocycles. The maximum absolute atomic E-state index is 12.4. The summed E-state index contributed by atoms with van der Waals surface area (Å²) in [5.74, 6) is -0.778. The number of nitrogen functional groups attached to an aromatic ring is 2. The molecule has 0 bridgehead atoms. The number of aliphatic imine (C=N–C) groups is 1. The minimum atomic E-state index is -0.629. The van der Waals surface area contributed by atoms with Gasteiger partial charge in [0, 0.05) is 5.56 Å². The maximum Gasteiger partial charge on any atom is 0.280 e. The molecule has 0 radical (unpaired) electrons. The normalized spacial score (nSPS) is 22.3. The lowest BCUT2D eigenvalue weighted by Gasteiger charge is -2.40. The highest BCUT2D eigenvalue weighted by molar-refractivity contribution is 6.31. The molecule has 7 N–H and O–H groups in total. The van der Waals surface area contributed by atoms with Crippen LogP contribution in [0.15, 0.2) is 35.3 Å². The van der Waals surface area contributed by atoms with Crippen molar-refractivity contribution in [3.8, 4) is 0 Å². The lowest BCUT2D eigenvalue weighted by Crippen LogP contribution is -2.52. The van der Waals surface area contributed by atoms with Gasteiger partial charge in [-0.05, 0) is 12.8 Å². The summed E-state index contributed by atoms with van der Waals surface area (Å²) in [6, 6.07) is 10.4. The number of nitrogens with two attached hydrogens (primary N) is 3. The topological polar surface area (TPSA) is 145 Å². The standard InChI is InChI=1S/C19H25ClN8O/c1-28(10-12-6-3-2-4-7-12)9-5-8-13(11-28)24-19(23)27-18(29)14-16(21)26-17(22)15(20)25-14/h2-4,6-7,13H,5,8-11H2,1H3,(H6-,21,22,23,24,26,27,29)/p+1. The number of halogens is 1. The fourth-order valence-corrected chi connectivity index (χ4v) is 3.81. The number of nitrogens with one attached hydrogen (secondary N) is 1. The average Bonchev–Trinajstić information content (AvgIpc) is 2.65. The number of benzene rings is 1. The fraction of sp³-hybridized carbons (Fsp3) is 0.368. The van der Waals surface area contributed by atoms with E-state index in [0.717, 1.165) is 37.0 Å². The number of hydrogen-bond donors (Lipinski definition) is 4. The van der Waals surface area contributed by atoms with Crippen molar-refractivity contribution >= 4 is 35.1 Å². The molecule has 9 nitrogen and oxygen atoms in total. The molecule has 2 unspecified atom stereocenters. The molecular weight excluding hydrogens is 392 g/mol. The fourth-order valence-electron chi connectivity index (χ4n) is 3.69. The Hall–Kier alpha value is -2.91. The zero-order valence-electron chi connectivity index (χ0n) is 16.3. The molecule has 1 aromatic heterocycles. The van der Waals surface area contributed by atoms with Crippen LogP contribution in [0.3, 0.4) is 0 Å². The average molecular weight is 418 g/mol. The molecule has 2 aromatic rings. The highest BCUT2D eigenvalue weighted by atomic mass is 35.5. The second kappa shape index (κ2) is 8.62. The molecule has 29 heavy (non-hydrogen) atoms. The predicted molar refractivity (Wildman–Crippen MR) is 114 cm³/mol. The first-order valence-corrected chi connectivity index (χ1v) is 9.74. The number of carbonyl (C=O) groups excluding carboxylic acids is 1. The van der Waals surface area contributed by atoms with Gasteiger partial charge < -0.3 is 21.7 Å². The van der Waals surface area contributed by atoms with Gasteiger partial charge in [0.2, 0.25) is 0 Å². The van der Waals surface area contributed by atoms with E-state index < -0.39 is 5.91 Å². The third kappa shape index (κ3) is 5.33. The maximum atomic E-state index is 12.4. The first kappa shape index (κ1) is 20.8. The van der Waals surface area contributed by atoms with Gasteiger partial charge in [0.05, 0.1) is 13.6 Å². The van der Waals surface area contributed by atoms with E-state index in [1.807, 2.05) is 18.2 Å². The molecule has 154 valence electrons. The van der Waals surface area contributed by atoms with Gasteiger partial charge in [-0.2, -0.15) is 0 Å². The molecule has 1 aliphatic rings. The lowest BCUT2D eigenvalue weighted by molar-refractivity contribution is -0.927. The molecule has 0 saturated carbocycles. The van der Waals surface area contributed by atoms with Gasteiger partial charge in [-0.1, -0.05) is 41.9 Å². The monoisotopic (exact) mass is 417 g/mol.